The average molecular weight is 286 g/mol. The standard InChI is InChI=1S/C14H16O3S.Na/c1-3-10-8-12-6-5-7-14(18(15,16)17)13(12)9-11(10)4-2;/h5-9H,3-4H2,1-2H3,(H,15,16,17);/q;+1/p-1. The van der Waals surface area contributed by atoms with Gasteiger partial charge in [-0.25, -0.2) is 8.42 Å². The van der Waals surface area contributed by atoms with Gasteiger partial charge < -0.3 is 4.55 Å². The summed E-state index contributed by atoms with van der Waals surface area (Å²) in [7, 11) is -4.42. The molecule has 3 nitrogen and oxygen atoms in total. The summed E-state index contributed by atoms with van der Waals surface area (Å²) in [5.74, 6) is 0. The molecule has 96 valence electrons. The van der Waals surface area contributed by atoms with Crippen LogP contribution in [0.3, 0.4) is 0 Å². The van der Waals surface area contributed by atoms with Crippen molar-refractivity contribution in [1.29, 1.82) is 0 Å². The predicted molar refractivity (Wildman–Crippen MR) is 70.7 cm³/mol. The SMILES string of the molecule is CCc1cc2cccc(S(=O)(=O)[O-])c2cc1CC.[Na+]. The second-order valence-electron chi connectivity index (χ2n) is 4.26. The van der Waals surface area contributed by atoms with E-state index in [4.69, 9.17) is 0 Å². The second-order valence-corrected chi connectivity index (χ2v) is 5.61. The zero-order valence-corrected chi connectivity index (χ0v) is 14.3. The van der Waals surface area contributed by atoms with E-state index in [-0.39, 0.29) is 34.5 Å². The van der Waals surface area contributed by atoms with Crippen molar-refractivity contribution in [2.45, 2.75) is 31.6 Å². The van der Waals surface area contributed by atoms with Crippen molar-refractivity contribution in [3.8, 4) is 0 Å². The van der Waals surface area contributed by atoms with Gasteiger partial charge in [-0.05, 0) is 46.9 Å². The molecule has 0 aliphatic carbocycles. The third kappa shape index (κ3) is 3.38. The fraction of sp³-hybridized carbons (Fsp3) is 0.286. The van der Waals surface area contributed by atoms with Crippen molar-refractivity contribution < 1.29 is 42.5 Å². The summed E-state index contributed by atoms with van der Waals surface area (Å²) in [5, 5.41) is 1.34. The largest absolute Gasteiger partial charge is 1.00 e. The Morgan fingerprint density at radius 2 is 1.63 bits per heavy atom. The van der Waals surface area contributed by atoms with E-state index in [1.165, 1.54) is 11.6 Å². The maximum atomic E-state index is 11.2. The first-order chi connectivity index (χ1) is 8.47. The normalized spacial score (nSPS) is 11.3. The monoisotopic (exact) mass is 286 g/mol. The molecule has 0 heterocycles. The number of hydrogen-bond acceptors (Lipinski definition) is 3. The molecule has 0 fully saturated rings. The average Bonchev–Trinajstić information content (AvgIpc) is 2.35. The fourth-order valence-electron chi connectivity index (χ4n) is 2.26. The minimum absolute atomic E-state index is 0. The zero-order chi connectivity index (χ0) is 13.3. The molecule has 0 aliphatic rings. The first kappa shape index (κ1) is 16.7. The van der Waals surface area contributed by atoms with Crippen LogP contribution in [-0.4, -0.2) is 13.0 Å². The number of hydrogen-bond donors (Lipinski definition) is 0. The van der Waals surface area contributed by atoms with Crippen LogP contribution in [0.2, 0.25) is 0 Å². The van der Waals surface area contributed by atoms with Gasteiger partial charge in [-0.15, -0.1) is 0 Å². The van der Waals surface area contributed by atoms with Crippen molar-refractivity contribution >= 4 is 20.9 Å². The van der Waals surface area contributed by atoms with Crippen LogP contribution in [-0.2, 0) is 23.0 Å². The van der Waals surface area contributed by atoms with Crippen LogP contribution in [0, 0.1) is 0 Å². The number of fused-ring (bicyclic) bond motifs is 1. The Morgan fingerprint density at radius 3 is 2.16 bits per heavy atom. The first-order valence-electron chi connectivity index (χ1n) is 5.97. The summed E-state index contributed by atoms with van der Waals surface area (Å²) < 4.78 is 33.7. The van der Waals surface area contributed by atoms with E-state index in [1.54, 1.807) is 6.07 Å². The molecule has 0 saturated carbocycles. The van der Waals surface area contributed by atoms with Crippen LogP contribution in [0.15, 0.2) is 35.2 Å². The van der Waals surface area contributed by atoms with Crippen LogP contribution in [0.5, 0.6) is 0 Å². The van der Waals surface area contributed by atoms with Crippen molar-refractivity contribution in [3.63, 3.8) is 0 Å². The van der Waals surface area contributed by atoms with Gasteiger partial charge in [-0.2, -0.15) is 0 Å². The molecule has 2 aromatic carbocycles. The van der Waals surface area contributed by atoms with E-state index in [2.05, 4.69) is 6.92 Å². The molecule has 5 heteroatoms. The molecule has 0 atom stereocenters. The summed E-state index contributed by atoms with van der Waals surface area (Å²) in [6.07, 6.45) is 1.72. The third-order valence-corrected chi connectivity index (χ3v) is 4.09. The van der Waals surface area contributed by atoms with Gasteiger partial charge in [-0.3, -0.25) is 0 Å². The quantitative estimate of drug-likeness (QED) is 0.583. The number of aryl methyl sites for hydroxylation is 2. The maximum absolute atomic E-state index is 11.2. The van der Waals surface area contributed by atoms with Crippen LogP contribution in [0.4, 0.5) is 0 Å². The Hall–Kier alpha value is -0.390. The molecule has 2 aromatic rings. The van der Waals surface area contributed by atoms with Crippen molar-refractivity contribution in [3.05, 3.63) is 41.5 Å². The molecule has 0 aliphatic heterocycles. The van der Waals surface area contributed by atoms with Gasteiger partial charge in [0.1, 0.15) is 10.1 Å². The van der Waals surface area contributed by atoms with Gasteiger partial charge in [-0.1, -0.05) is 32.0 Å². The van der Waals surface area contributed by atoms with E-state index in [1.807, 2.05) is 25.1 Å². The summed E-state index contributed by atoms with van der Waals surface area (Å²) in [4.78, 5) is -0.127. The fourth-order valence-corrected chi connectivity index (χ4v) is 2.96. The van der Waals surface area contributed by atoms with Gasteiger partial charge in [0.15, 0.2) is 0 Å². The van der Waals surface area contributed by atoms with Crippen LogP contribution >= 0.6 is 0 Å². The third-order valence-electron chi connectivity index (χ3n) is 3.19. The van der Waals surface area contributed by atoms with Crippen molar-refractivity contribution in [2.75, 3.05) is 0 Å². The smallest absolute Gasteiger partial charge is 0.744 e. The van der Waals surface area contributed by atoms with E-state index < -0.39 is 10.1 Å². The molecule has 0 aromatic heterocycles. The first-order valence-corrected chi connectivity index (χ1v) is 7.38. The Morgan fingerprint density at radius 1 is 1.05 bits per heavy atom. The molecular weight excluding hydrogens is 271 g/mol. The van der Waals surface area contributed by atoms with Crippen molar-refractivity contribution in [1.82, 2.24) is 0 Å². The molecule has 0 N–H and O–H groups in total. The number of rotatable bonds is 3. The van der Waals surface area contributed by atoms with Crippen LogP contribution < -0.4 is 29.6 Å². The molecule has 0 spiro atoms. The molecule has 0 unspecified atom stereocenters. The molecular formula is C14H15NaO3S. The van der Waals surface area contributed by atoms with E-state index in [0.29, 0.717) is 5.39 Å². The summed E-state index contributed by atoms with van der Waals surface area (Å²) in [5.41, 5.74) is 2.30. The summed E-state index contributed by atoms with van der Waals surface area (Å²) in [6.45, 7) is 4.09. The Kier molecular flexibility index (Phi) is 5.59. The Labute approximate surface area is 136 Å². The van der Waals surface area contributed by atoms with Gasteiger partial charge in [0, 0.05) is 0 Å². The van der Waals surface area contributed by atoms with Gasteiger partial charge in [0.2, 0.25) is 0 Å². The zero-order valence-electron chi connectivity index (χ0n) is 11.4. The van der Waals surface area contributed by atoms with Crippen LogP contribution in [0.25, 0.3) is 10.8 Å². The topological polar surface area (TPSA) is 57.2 Å². The summed E-state index contributed by atoms with van der Waals surface area (Å²) >= 11 is 0. The van der Waals surface area contributed by atoms with Crippen molar-refractivity contribution in [2.24, 2.45) is 0 Å². The van der Waals surface area contributed by atoms with Gasteiger partial charge in [0.05, 0.1) is 4.90 Å². The molecule has 0 amide bonds. The molecule has 19 heavy (non-hydrogen) atoms. The molecule has 0 radical (unpaired) electrons. The Bertz CT molecular complexity index is 693. The number of benzene rings is 2. The predicted octanol–water partition coefficient (Wildman–Crippen LogP) is -0.127. The van der Waals surface area contributed by atoms with E-state index >= 15 is 0 Å². The second kappa shape index (κ2) is 6.37. The van der Waals surface area contributed by atoms with Gasteiger partial charge >= 0.3 is 29.6 Å². The van der Waals surface area contributed by atoms with E-state index in [9.17, 15) is 13.0 Å². The molecule has 0 bridgehead atoms. The Balaban J connectivity index is 0.00000180. The maximum Gasteiger partial charge on any atom is 1.00 e. The van der Waals surface area contributed by atoms with Gasteiger partial charge in [0.25, 0.3) is 0 Å². The molecule has 2 rings (SSSR count). The minimum Gasteiger partial charge on any atom is -0.744 e. The molecule has 0 saturated heterocycles. The van der Waals surface area contributed by atoms with E-state index in [0.717, 1.165) is 23.8 Å². The van der Waals surface area contributed by atoms with Crippen LogP contribution in [0.1, 0.15) is 25.0 Å². The summed E-state index contributed by atoms with van der Waals surface area (Å²) in [6, 6.07) is 8.62. The minimum atomic E-state index is -4.42.